The smallest absolute Gasteiger partial charge is 0.261 e. The molecule has 2 heterocycles. The highest BCUT2D eigenvalue weighted by Crippen LogP contribution is 2.33. The summed E-state index contributed by atoms with van der Waals surface area (Å²) in [6.45, 7) is 1.25. The molecule has 7 heteroatoms. The van der Waals surface area contributed by atoms with Gasteiger partial charge in [0.15, 0.2) is 5.13 Å². The minimum absolute atomic E-state index is 0.0398. The molecule has 0 saturated carbocycles. The average Bonchev–Trinajstić information content (AvgIpc) is 3.34. The zero-order valence-corrected chi connectivity index (χ0v) is 17.3. The number of ether oxygens (including phenoxy) is 2. The molecule has 1 aliphatic heterocycles. The number of rotatable bonds is 5. The number of nitrogens with zero attached hydrogens (tertiary/aromatic N) is 2. The Labute approximate surface area is 170 Å². The van der Waals surface area contributed by atoms with E-state index in [1.807, 2.05) is 42.5 Å². The summed E-state index contributed by atoms with van der Waals surface area (Å²) in [7, 11) is 1.64. The first-order valence-electron chi connectivity index (χ1n) is 8.78. The first-order valence-corrected chi connectivity index (χ1v) is 10.4. The fourth-order valence-electron chi connectivity index (χ4n) is 3.16. The van der Waals surface area contributed by atoms with E-state index in [2.05, 4.69) is 15.9 Å². The molecule has 0 aliphatic carbocycles. The number of hydrogen-bond acceptors (Lipinski definition) is 5. The summed E-state index contributed by atoms with van der Waals surface area (Å²) >= 11 is 4.98. The minimum Gasteiger partial charge on any atom is -0.497 e. The largest absolute Gasteiger partial charge is 0.497 e. The van der Waals surface area contributed by atoms with Crippen molar-refractivity contribution in [3.63, 3.8) is 0 Å². The first-order chi connectivity index (χ1) is 13.2. The summed E-state index contributed by atoms with van der Waals surface area (Å²) in [6, 6.07) is 13.2. The monoisotopic (exact) mass is 446 g/mol. The summed E-state index contributed by atoms with van der Waals surface area (Å²) in [6.07, 6.45) is 2.02. The van der Waals surface area contributed by atoms with E-state index >= 15 is 0 Å². The van der Waals surface area contributed by atoms with Gasteiger partial charge < -0.3 is 9.47 Å². The van der Waals surface area contributed by atoms with Crippen LogP contribution in [-0.2, 0) is 4.74 Å². The van der Waals surface area contributed by atoms with Crippen molar-refractivity contribution < 1.29 is 14.3 Å². The number of halogens is 1. The number of hydrogen-bond donors (Lipinski definition) is 0. The molecular weight excluding hydrogens is 428 g/mol. The quantitative estimate of drug-likeness (QED) is 0.559. The Morgan fingerprint density at radius 3 is 2.96 bits per heavy atom. The van der Waals surface area contributed by atoms with Crippen LogP contribution >= 0.6 is 27.3 Å². The van der Waals surface area contributed by atoms with Gasteiger partial charge in [0.25, 0.3) is 5.91 Å². The molecule has 0 N–H and O–H groups in total. The van der Waals surface area contributed by atoms with Crippen molar-refractivity contribution in [3.8, 4) is 5.75 Å². The molecule has 1 fully saturated rings. The number of methoxy groups -OCH3 is 1. The van der Waals surface area contributed by atoms with Crippen molar-refractivity contribution >= 4 is 48.5 Å². The van der Waals surface area contributed by atoms with Gasteiger partial charge in [0.2, 0.25) is 0 Å². The molecule has 140 valence electrons. The van der Waals surface area contributed by atoms with E-state index in [0.717, 1.165) is 39.9 Å². The van der Waals surface area contributed by atoms with Crippen LogP contribution in [0.5, 0.6) is 5.75 Å². The number of anilines is 1. The molecule has 5 nitrogen and oxygen atoms in total. The topological polar surface area (TPSA) is 51.7 Å². The normalized spacial score (nSPS) is 16.6. The molecule has 27 heavy (non-hydrogen) atoms. The van der Waals surface area contributed by atoms with Crippen molar-refractivity contribution in [3.05, 3.63) is 52.5 Å². The van der Waals surface area contributed by atoms with Gasteiger partial charge in [0.05, 0.1) is 35.5 Å². The fourth-order valence-corrected chi connectivity index (χ4v) is 4.61. The molecule has 4 rings (SSSR count). The van der Waals surface area contributed by atoms with E-state index in [9.17, 15) is 4.79 Å². The van der Waals surface area contributed by atoms with Gasteiger partial charge in [-0.25, -0.2) is 4.98 Å². The lowest BCUT2D eigenvalue weighted by Gasteiger charge is -2.23. The Morgan fingerprint density at radius 1 is 1.37 bits per heavy atom. The van der Waals surface area contributed by atoms with Crippen LogP contribution in [0.4, 0.5) is 5.13 Å². The Kier molecular flexibility index (Phi) is 5.43. The van der Waals surface area contributed by atoms with Gasteiger partial charge >= 0.3 is 0 Å². The molecule has 2 aromatic carbocycles. The second-order valence-corrected chi connectivity index (χ2v) is 8.22. The number of benzene rings is 2. The molecule has 0 bridgehead atoms. The molecule has 1 aromatic heterocycles. The lowest BCUT2D eigenvalue weighted by molar-refractivity contribution is 0.0917. The molecule has 1 amide bonds. The second-order valence-electron chi connectivity index (χ2n) is 6.36. The van der Waals surface area contributed by atoms with Crippen molar-refractivity contribution in [2.24, 2.45) is 0 Å². The Hall–Kier alpha value is -1.96. The number of aromatic nitrogens is 1. The average molecular weight is 447 g/mol. The SMILES string of the molecule is COc1ccc2nc(N(CC3CCCO3)C(=O)c3ccccc3Br)sc2c1. The number of fused-ring (bicyclic) bond motifs is 1. The van der Waals surface area contributed by atoms with Crippen LogP contribution in [0.3, 0.4) is 0 Å². The Bertz CT molecular complexity index is 969. The van der Waals surface area contributed by atoms with E-state index in [1.165, 1.54) is 11.3 Å². The van der Waals surface area contributed by atoms with Crippen LogP contribution in [0.1, 0.15) is 23.2 Å². The highest BCUT2D eigenvalue weighted by atomic mass is 79.9. The van der Waals surface area contributed by atoms with Gasteiger partial charge in [-0.1, -0.05) is 23.5 Å². The van der Waals surface area contributed by atoms with Crippen molar-refractivity contribution in [2.45, 2.75) is 18.9 Å². The van der Waals surface area contributed by atoms with Gasteiger partial charge in [0, 0.05) is 11.1 Å². The highest BCUT2D eigenvalue weighted by molar-refractivity contribution is 9.10. The van der Waals surface area contributed by atoms with Crippen LogP contribution in [-0.4, -0.2) is 37.3 Å². The predicted octanol–water partition coefficient (Wildman–Crippen LogP) is 4.89. The van der Waals surface area contributed by atoms with E-state index in [-0.39, 0.29) is 12.0 Å². The highest BCUT2D eigenvalue weighted by Gasteiger charge is 2.28. The third-order valence-corrected chi connectivity index (χ3v) is 6.31. The van der Waals surface area contributed by atoms with Crippen molar-refractivity contribution in [1.29, 1.82) is 0 Å². The maximum absolute atomic E-state index is 13.3. The molecule has 1 atom stereocenters. The number of thiazole rings is 1. The maximum atomic E-state index is 13.3. The summed E-state index contributed by atoms with van der Waals surface area (Å²) in [5, 5.41) is 0.675. The molecule has 1 aliphatic rings. The molecule has 3 aromatic rings. The lowest BCUT2D eigenvalue weighted by atomic mass is 10.2. The van der Waals surface area contributed by atoms with Gasteiger partial charge in [-0.15, -0.1) is 0 Å². The van der Waals surface area contributed by atoms with Crippen LogP contribution in [0.2, 0.25) is 0 Å². The van der Waals surface area contributed by atoms with Crippen LogP contribution in [0, 0.1) is 0 Å². The van der Waals surface area contributed by atoms with E-state index in [4.69, 9.17) is 14.5 Å². The van der Waals surface area contributed by atoms with E-state index in [0.29, 0.717) is 17.2 Å². The second kappa shape index (κ2) is 7.96. The summed E-state index contributed by atoms with van der Waals surface area (Å²) in [5.41, 5.74) is 1.47. The number of carbonyl (C=O) groups is 1. The lowest BCUT2D eigenvalue weighted by Crippen LogP contribution is -2.37. The standard InChI is InChI=1S/C20H19BrN2O3S/c1-25-13-8-9-17-18(11-13)27-20(22-17)23(12-14-5-4-10-26-14)19(24)15-6-2-3-7-16(15)21/h2-3,6-9,11,14H,4-5,10,12H2,1H3. The molecular formula is C20H19BrN2O3S. The molecule has 0 spiro atoms. The molecule has 0 radical (unpaired) electrons. The third-order valence-electron chi connectivity index (χ3n) is 4.57. The number of amides is 1. The van der Waals surface area contributed by atoms with E-state index < -0.39 is 0 Å². The summed E-state index contributed by atoms with van der Waals surface area (Å²) in [4.78, 5) is 19.8. The number of carbonyl (C=O) groups excluding carboxylic acids is 1. The molecule has 1 saturated heterocycles. The van der Waals surface area contributed by atoms with Crippen LogP contribution in [0.15, 0.2) is 46.9 Å². The predicted molar refractivity (Wildman–Crippen MR) is 111 cm³/mol. The summed E-state index contributed by atoms with van der Waals surface area (Å²) < 4.78 is 12.8. The third kappa shape index (κ3) is 3.85. The van der Waals surface area contributed by atoms with E-state index in [1.54, 1.807) is 12.0 Å². The molecule has 1 unspecified atom stereocenters. The minimum atomic E-state index is -0.0796. The van der Waals surface area contributed by atoms with Crippen LogP contribution < -0.4 is 9.64 Å². The maximum Gasteiger partial charge on any atom is 0.261 e. The van der Waals surface area contributed by atoms with Gasteiger partial charge in [-0.2, -0.15) is 0 Å². The van der Waals surface area contributed by atoms with Gasteiger partial charge in [-0.05, 0) is 59.1 Å². The Morgan fingerprint density at radius 2 is 2.22 bits per heavy atom. The zero-order chi connectivity index (χ0) is 18.8. The van der Waals surface area contributed by atoms with Gasteiger partial charge in [-0.3, -0.25) is 9.69 Å². The van der Waals surface area contributed by atoms with Crippen LogP contribution in [0.25, 0.3) is 10.2 Å². The van der Waals surface area contributed by atoms with Gasteiger partial charge in [0.1, 0.15) is 5.75 Å². The summed E-state index contributed by atoms with van der Waals surface area (Å²) in [5.74, 6) is 0.699. The van der Waals surface area contributed by atoms with Crippen molar-refractivity contribution in [2.75, 3.05) is 25.2 Å². The Balaban J connectivity index is 1.73. The first kappa shape index (κ1) is 18.4. The van der Waals surface area contributed by atoms with Crippen molar-refractivity contribution in [1.82, 2.24) is 4.98 Å². The fraction of sp³-hybridized carbons (Fsp3) is 0.300. The zero-order valence-electron chi connectivity index (χ0n) is 14.9.